The highest BCUT2D eigenvalue weighted by atomic mass is 79.9. The van der Waals surface area contributed by atoms with Crippen LogP contribution in [0.3, 0.4) is 0 Å². The molecule has 0 N–H and O–H groups in total. The summed E-state index contributed by atoms with van der Waals surface area (Å²) in [7, 11) is -2.17. The van der Waals surface area contributed by atoms with E-state index in [1.165, 1.54) is 16.4 Å². The van der Waals surface area contributed by atoms with Crippen molar-refractivity contribution in [2.45, 2.75) is 11.3 Å². The van der Waals surface area contributed by atoms with Crippen molar-refractivity contribution in [3.8, 4) is 0 Å². The Kier molecular flexibility index (Phi) is 4.60. The number of methoxy groups -OCH3 is 1. The average Bonchev–Trinajstić information content (AvgIpc) is 2.78. The summed E-state index contributed by atoms with van der Waals surface area (Å²) in [6.07, 6.45) is 0.741. The average molecular weight is 352 g/mol. The van der Waals surface area contributed by atoms with Gasteiger partial charge in [0.25, 0.3) is 0 Å². The summed E-state index contributed by atoms with van der Waals surface area (Å²) in [5, 5.41) is 0. The third-order valence-electron chi connectivity index (χ3n) is 3.16. The van der Waals surface area contributed by atoms with Crippen LogP contribution in [0.5, 0.6) is 0 Å². The summed E-state index contributed by atoms with van der Waals surface area (Å²) in [5.41, 5.74) is 0. The van der Waals surface area contributed by atoms with E-state index in [1.54, 1.807) is 7.11 Å². The molecule has 0 spiro atoms. The molecule has 0 aliphatic carbocycles. The summed E-state index contributed by atoms with van der Waals surface area (Å²) >= 11 is 3.11. The number of nitrogens with zero attached hydrogens (tertiary/aromatic N) is 1. The van der Waals surface area contributed by atoms with Crippen LogP contribution < -0.4 is 0 Å². The second kappa shape index (κ2) is 5.87. The Labute approximate surface area is 120 Å². The van der Waals surface area contributed by atoms with Gasteiger partial charge in [-0.15, -0.1) is 0 Å². The summed E-state index contributed by atoms with van der Waals surface area (Å²) in [6, 6.07) is 3.98. The molecule has 0 amide bonds. The van der Waals surface area contributed by atoms with E-state index in [0.29, 0.717) is 24.2 Å². The molecule has 7 heteroatoms. The van der Waals surface area contributed by atoms with Crippen molar-refractivity contribution in [3.05, 3.63) is 28.5 Å². The van der Waals surface area contributed by atoms with Gasteiger partial charge in [0.05, 0.1) is 6.61 Å². The predicted molar refractivity (Wildman–Crippen MR) is 72.8 cm³/mol. The molecule has 1 aromatic rings. The first-order valence-electron chi connectivity index (χ1n) is 5.89. The summed E-state index contributed by atoms with van der Waals surface area (Å²) in [4.78, 5) is -0.270. The lowest BCUT2D eigenvalue weighted by atomic mass is 10.1. The van der Waals surface area contributed by atoms with Crippen molar-refractivity contribution >= 4 is 26.0 Å². The fraction of sp³-hybridized carbons (Fsp3) is 0.500. The van der Waals surface area contributed by atoms with E-state index in [0.717, 1.165) is 12.5 Å². The summed E-state index contributed by atoms with van der Waals surface area (Å²) < 4.78 is 45.3. The van der Waals surface area contributed by atoms with Crippen molar-refractivity contribution < 1.29 is 17.5 Å². The Bertz CT molecular complexity index is 564. The minimum Gasteiger partial charge on any atom is -0.384 e. The SMILES string of the molecule is COCC1CCN(S(=O)(=O)c2ccc(Br)cc2F)C1. The molecular weight excluding hydrogens is 337 g/mol. The standard InChI is InChI=1S/C12H15BrFNO3S/c1-18-8-9-4-5-15(7-9)19(16,17)12-3-2-10(13)6-11(12)14/h2-3,6,9H,4-5,7-8H2,1H3. The van der Waals surface area contributed by atoms with Crippen LogP contribution in [0.1, 0.15) is 6.42 Å². The molecule has 1 fully saturated rings. The predicted octanol–water partition coefficient (Wildman–Crippen LogP) is 2.25. The number of ether oxygens (including phenoxy) is 1. The van der Waals surface area contributed by atoms with Gasteiger partial charge in [-0.3, -0.25) is 0 Å². The second-order valence-electron chi connectivity index (χ2n) is 4.55. The van der Waals surface area contributed by atoms with Gasteiger partial charge in [0.15, 0.2) is 0 Å². The fourth-order valence-electron chi connectivity index (χ4n) is 2.21. The largest absolute Gasteiger partial charge is 0.384 e. The molecule has 1 atom stereocenters. The zero-order chi connectivity index (χ0) is 14.0. The van der Waals surface area contributed by atoms with Crippen LogP contribution in [-0.2, 0) is 14.8 Å². The Hall–Kier alpha value is -0.500. The van der Waals surface area contributed by atoms with Crippen LogP contribution in [0.2, 0.25) is 0 Å². The fourth-order valence-corrected chi connectivity index (χ4v) is 4.12. The molecule has 1 saturated heterocycles. The Morgan fingerprint density at radius 2 is 2.26 bits per heavy atom. The van der Waals surface area contributed by atoms with Gasteiger partial charge in [-0.05, 0) is 30.5 Å². The van der Waals surface area contributed by atoms with Gasteiger partial charge in [0.1, 0.15) is 10.7 Å². The minimum absolute atomic E-state index is 0.179. The number of hydrogen-bond acceptors (Lipinski definition) is 3. The van der Waals surface area contributed by atoms with E-state index in [2.05, 4.69) is 15.9 Å². The topological polar surface area (TPSA) is 46.6 Å². The molecule has 1 aromatic carbocycles. The highest BCUT2D eigenvalue weighted by Crippen LogP contribution is 2.27. The van der Waals surface area contributed by atoms with Crippen LogP contribution in [-0.4, -0.2) is 39.5 Å². The number of rotatable bonds is 4. The molecular formula is C12H15BrFNO3S. The van der Waals surface area contributed by atoms with E-state index in [9.17, 15) is 12.8 Å². The van der Waals surface area contributed by atoms with Crippen LogP contribution in [0.4, 0.5) is 4.39 Å². The lowest BCUT2D eigenvalue weighted by Gasteiger charge is -2.17. The highest BCUT2D eigenvalue weighted by Gasteiger charge is 2.34. The van der Waals surface area contributed by atoms with Crippen molar-refractivity contribution in [2.24, 2.45) is 5.92 Å². The lowest BCUT2D eigenvalue weighted by molar-refractivity contribution is 0.157. The number of halogens is 2. The number of hydrogen-bond donors (Lipinski definition) is 0. The molecule has 1 unspecified atom stereocenters. The molecule has 1 heterocycles. The quantitative estimate of drug-likeness (QED) is 0.835. The molecule has 0 saturated carbocycles. The Balaban J connectivity index is 2.23. The maximum absolute atomic E-state index is 13.8. The van der Waals surface area contributed by atoms with Gasteiger partial charge in [0, 0.05) is 24.7 Å². The van der Waals surface area contributed by atoms with Crippen LogP contribution in [0.25, 0.3) is 0 Å². The highest BCUT2D eigenvalue weighted by molar-refractivity contribution is 9.10. The Morgan fingerprint density at radius 3 is 2.89 bits per heavy atom. The Morgan fingerprint density at radius 1 is 1.53 bits per heavy atom. The molecule has 0 radical (unpaired) electrons. The minimum atomic E-state index is -3.76. The molecule has 106 valence electrons. The van der Waals surface area contributed by atoms with Crippen LogP contribution in [0.15, 0.2) is 27.6 Å². The molecule has 0 aromatic heterocycles. The van der Waals surface area contributed by atoms with Crippen LogP contribution >= 0.6 is 15.9 Å². The third kappa shape index (κ3) is 3.16. The monoisotopic (exact) mass is 351 g/mol. The molecule has 0 bridgehead atoms. The lowest BCUT2D eigenvalue weighted by Crippen LogP contribution is -2.30. The molecule has 19 heavy (non-hydrogen) atoms. The van der Waals surface area contributed by atoms with E-state index in [-0.39, 0.29) is 10.8 Å². The zero-order valence-corrected chi connectivity index (χ0v) is 12.9. The van der Waals surface area contributed by atoms with E-state index < -0.39 is 15.8 Å². The molecule has 1 aliphatic heterocycles. The first-order chi connectivity index (χ1) is 8.95. The van der Waals surface area contributed by atoms with E-state index >= 15 is 0 Å². The first kappa shape index (κ1) is 14.9. The molecule has 4 nitrogen and oxygen atoms in total. The zero-order valence-electron chi connectivity index (χ0n) is 10.5. The van der Waals surface area contributed by atoms with Gasteiger partial charge in [-0.2, -0.15) is 4.31 Å². The molecule has 2 rings (SSSR count). The van der Waals surface area contributed by atoms with Gasteiger partial charge < -0.3 is 4.74 Å². The summed E-state index contributed by atoms with van der Waals surface area (Å²) in [5.74, 6) is -0.553. The second-order valence-corrected chi connectivity index (χ2v) is 7.37. The molecule has 1 aliphatic rings. The van der Waals surface area contributed by atoms with E-state index in [4.69, 9.17) is 4.74 Å². The van der Waals surface area contributed by atoms with Gasteiger partial charge >= 0.3 is 0 Å². The van der Waals surface area contributed by atoms with E-state index in [1.807, 2.05) is 0 Å². The van der Waals surface area contributed by atoms with Crippen molar-refractivity contribution in [1.82, 2.24) is 4.31 Å². The van der Waals surface area contributed by atoms with Gasteiger partial charge in [0.2, 0.25) is 10.0 Å². The maximum Gasteiger partial charge on any atom is 0.245 e. The van der Waals surface area contributed by atoms with Crippen molar-refractivity contribution in [3.63, 3.8) is 0 Å². The van der Waals surface area contributed by atoms with Gasteiger partial charge in [-0.1, -0.05) is 15.9 Å². The number of benzene rings is 1. The number of sulfonamides is 1. The van der Waals surface area contributed by atoms with Crippen molar-refractivity contribution in [1.29, 1.82) is 0 Å². The van der Waals surface area contributed by atoms with Gasteiger partial charge in [-0.25, -0.2) is 12.8 Å². The normalized spacial score (nSPS) is 20.9. The smallest absolute Gasteiger partial charge is 0.245 e. The van der Waals surface area contributed by atoms with Crippen LogP contribution in [0, 0.1) is 11.7 Å². The van der Waals surface area contributed by atoms with Crippen molar-refractivity contribution in [2.75, 3.05) is 26.8 Å². The maximum atomic E-state index is 13.8. The summed E-state index contributed by atoms with van der Waals surface area (Å²) in [6.45, 7) is 1.31. The first-order valence-corrected chi connectivity index (χ1v) is 8.12. The third-order valence-corrected chi connectivity index (χ3v) is 5.55.